The maximum absolute atomic E-state index is 12.5. The summed E-state index contributed by atoms with van der Waals surface area (Å²) in [5.74, 6) is -0.207. The van der Waals surface area contributed by atoms with Gasteiger partial charge in [-0.3, -0.25) is 14.9 Å². The van der Waals surface area contributed by atoms with Crippen molar-refractivity contribution in [3.05, 3.63) is 57.1 Å². The molecule has 2 aromatic carbocycles. The lowest BCUT2D eigenvalue weighted by Crippen LogP contribution is -2.38. The Balaban J connectivity index is 1.34. The molecule has 5 rings (SSSR count). The van der Waals surface area contributed by atoms with Gasteiger partial charge in [-0.1, -0.05) is 23.7 Å². The van der Waals surface area contributed by atoms with Crippen LogP contribution in [-0.2, 0) is 20.8 Å². The molecule has 3 aromatic rings. The van der Waals surface area contributed by atoms with Crippen LogP contribution in [-0.4, -0.2) is 89.9 Å². The lowest BCUT2D eigenvalue weighted by molar-refractivity contribution is -0.384. The number of anilines is 2. The number of aromatic nitrogens is 4. The first kappa shape index (κ1) is 26.5. The molecule has 2 fully saturated rings. The molecule has 1 N–H and O–H groups in total. The van der Waals surface area contributed by atoms with Crippen molar-refractivity contribution in [2.75, 3.05) is 62.4 Å². The Morgan fingerprint density at radius 2 is 1.74 bits per heavy atom. The molecule has 2 saturated heterocycles. The number of morpholine rings is 2. The predicted octanol–water partition coefficient (Wildman–Crippen LogP) is 1.73. The molecule has 2 aliphatic heterocycles. The number of hydrogen-bond donors (Lipinski definition) is 1. The summed E-state index contributed by atoms with van der Waals surface area (Å²) in [6.45, 7) is 4.21. The van der Waals surface area contributed by atoms with Crippen molar-refractivity contribution >= 4 is 40.8 Å². The number of nitro groups is 1. The Labute approximate surface area is 228 Å². The summed E-state index contributed by atoms with van der Waals surface area (Å²) in [5.41, 5.74) is 4.79. The zero-order valence-electron chi connectivity index (χ0n) is 20.9. The van der Waals surface area contributed by atoms with Crippen LogP contribution < -0.4 is 15.2 Å². The Hall–Kier alpha value is -4.14. The molecule has 0 radical (unpaired) electrons. The minimum absolute atomic E-state index is 0.0411. The average Bonchev–Trinajstić information content (AvgIpc) is 3.42. The SMILES string of the molecule is O=C(Cn1nnc(-c2ccccc2Cl)n1)N/N=C\c1cc([N+](=O)[O-])c(N2CCOCC2)cc1N1CCOCC1. The molecule has 0 atom stereocenters. The Morgan fingerprint density at radius 1 is 1.08 bits per heavy atom. The number of nitrogens with zero attached hydrogens (tertiary/aromatic N) is 8. The van der Waals surface area contributed by atoms with Gasteiger partial charge >= 0.3 is 0 Å². The second-order valence-electron chi connectivity index (χ2n) is 8.77. The van der Waals surface area contributed by atoms with Crippen molar-refractivity contribution in [3.8, 4) is 11.4 Å². The molecule has 0 bridgehead atoms. The second-order valence-corrected chi connectivity index (χ2v) is 9.18. The molecule has 0 aliphatic carbocycles. The van der Waals surface area contributed by atoms with Crippen molar-refractivity contribution in [2.45, 2.75) is 6.54 Å². The summed E-state index contributed by atoms with van der Waals surface area (Å²) >= 11 is 6.18. The van der Waals surface area contributed by atoms with Crippen LogP contribution in [0.5, 0.6) is 0 Å². The second kappa shape index (κ2) is 12.1. The molecule has 1 amide bonds. The molecule has 0 unspecified atom stereocenters. The van der Waals surface area contributed by atoms with E-state index in [-0.39, 0.29) is 12.2 Å². The highest BCUT2D eigenvalue weighted by atomic mass is 35.5. The maximum atomic E-state index is 12.5. The fraction of sp³-hybridized carbons (Fsp3) is 0.375. The van der Waals surface area contributed by atoms with Gasteiger partial charge in [0.1, 0.15) is 12.2 Å². The number of hydrazone groups is 1. The molecule has 0 saturated carbocycles. The zero-order chi connectivity index (χ0) is 27.2. The Kier molecular flexibility index (Phi) is 8.24. The van der Waals surface area contributed by atoms with Crippen LogP contribution >= 0.6 is 11.6 Å². The van der Waals surface area contributed by atoms with Crippen molar-refractivity contribution < 1.29 is 19.2 Å². The number of halogens is 1. The normalized spacial score (nSPS) is 16.0. The van der Waals surface area contributed by atoms with Gasteiger partial charge in [0.25, 0.3) is 11.6 Å². The number of hydrogen-bond acceptors (Lipinski definition) is 11. The number of tetrazole rings is 1. The van der Waals surface area contributed by atoms with Gasteiger partial charge in [-0.05, 0) is 23.4 Å². The zero-order valence-corrected chi connectivity index (χ0v) is 21.7. The van der Waals surface area contributed by atoms with Crippen LogP contribution in [0.1, 0.15) is 5.56 Å². The van der Waals surface area contributed by atoms with Crippen molar-refractivity contribution in [2.24, 2.45) is 5.10 Å². The smallest absolute Gasteiger partial charge is 0.293 e. The van der Waals surface area contributed by atoms with Crippen LogP contribution in [0, 0.1) is 10.1 Å². The Morgan fingerprint density at radius 3 is 2.41 bits per heavy atom. The minimum Gasteiger partial charge on any atom is -0.378 e. The molecule has 0 spiro atoms. The number of rotatable bonds is 8. The van der Waals surface area contributed by atoms with Gasteiger partial charge < -0.3 is 19.3 Å². The molecular weight excluding hydrogens is 530 g/mol. The highest BCUT2D eigenvalue weighted by molar-refractivity contribution is 6.33. The topological polar surface area (TPSA) is 153 Å². The first-order valence-corrected chi connectivity index (χ1v) is 12.7. The summed E-state index contributed by atoms with van der Waals surface area (Å²) in [4.78, 5) is 29.3. The summed E-state index contributed by atoms with van der Waals surface area (Å²) < 4.78 is 10.9. The van der Waals surface area contributed by atoms with Gasteiger partial charge in [-0.25, -0.2) is 5.43 Å². The monoisotopic (exact) mass is 555 g/mol. The van der Waals surface area contributed by atoms with Crippen LogP contribution in [0.2, 0.25) is 5.02 Å². The quantitative estimate of drug-likeness (QED) is 0.247. The molecule has 1 aromatic heterocycles. The van der Waals surface area contributed by atoms with E-state index in [1.807, 2.05) is 11.0 Å². The van der Waals surface area contributed by atoms with E-state index in [0.29, 0.717) is 80.3 Å². The van der Waals surface area contributed by atoms with E-state index in [1.54, 1.807) is 24.3 Å². The molecular formula is C24H26ClN9O5. The number of nitro benzene ring substituents is 1. The largest absolute Gasteiger partial charge is 0.378 e. The lowest BCUT2D eigenvalue weighted by atomic mass is 10.1. The van der Waals surface area contributed by atoms with Crippen molar-refractivity contribution in [1.29, 1.82) is 0 Å². The standard InChI is InChI=1S/C24H26ClN9O5/c25-19-4-2-1-3-18(19)24-28-30-33(29-24)16-23(35)27-26-15-17-13-22(34(36)37)21(32-7-11-39-12-8-32)14-20(17)31-5-9-38-10-6-31/h1-4,13-15H,5-12,16H2,(H,27,35)/b26-15-. The van der Waals surface area contributed by atoms with Gasteiger partial charge in [0.2, 0.25) is 5.82 Å². The number of benzene rings is 2. The third kappa shape index (κ3) is 6.30. The average molecular weight is 556 g/mol. The van der Waals surface area contributed by atoms with Crippen LogP contribution in [0.25, 0.3) is 11.4 Å². The van der Waals surface area contributed by atoms with Gasteiger partial charge in [-0.15, -0.1) is 10.2 Å². The third-order valence-electron chi connectivity index (χ3n) is 6.27. The van der Waals surface area contributed by atoms with Gasteiger partial charge in [0.05, 0.1) is 42.6 Å². The number of carbonyl (C=O) groups excluding carboxylic acids is 1. The number of carbonyl (C=O) groups is 1. The summed E-state index contributed by atoms with van der Waals surface area (Å²) in [7, 11) is 0. The van der Waals surface area contributed by atoms with Gasteiger partial charge in [-0.2, -0.15) is 9.90 Å². The van der Waals surface area contributed by atoms with Crippen LogP contribution in [0.15, 0.2) is 41.5 Å². The maximum Gasteiger partial charge on any atom is 0.293 e. The lowest BCUT2D eigenvalue weighted by Gasteiger charge is -2.33. The van der Waals surface area contributed by atoms with E-state index in [4.69, 9.17) is 21.1 Å². The predicted molar refractivity (Wildman–Crippen MR) is 143 cm³/mol. The van der Waals surface area contributed by atoms with Crippen LogP contribution in [0.4, 0.5) is 17.1 Å². The number of ether oxygens (including phenoxy) is 2. The van der Waals surface area contributed by atoms with Crippen LogP contribution in [0.3, 0.4) is 0 Å². The highest BCUT2D eigenvalue weighted by Crippen LogP contribution is 2.36. The highest BCUT2D eigenvalue weighted by Gasteiger charge is 2.26. The number of nitrogens with one attached hydrogen (secondary N) is 1. The molecule has 2 aliphatic rings. The van der Waals surface area contributed by atoms with Gasteiger partial charge in [0, 0.05) is 49.1 Å². The number of amides is 1. The summed E-state index contributed by atoms with van der Waals surface area (Å²) in [5, 5.41) is 28.6. The Bertz CT molecular complexity index is 1370. The van der Waals surface area contributed by atoms with E-state index < -0.39 is 10.8 Å². The van der Waals surface area contributed by atoms with E-state index >= 15 is 0 Å². The van der Waals surface area contributed by atoms with Crippen molar-refractivity contribution in [1.82, 2.24) is 25.6 Å². The summed E-state index contributed by atoms with van der Waals surface area (Å²) in [6.07, 6.45) is 1.41. The first-order valence-electron chi connectivity index (χ1n) is 12.3. The minimum atomic E-state index is -0.498. The molecule has 15 heteroatoms. The van der Waals surface area contributed by atoms with E-state index in [0.717, 1.165) is 10.5 Å². The van der Waals surface area contributed by atoms with Gasteiger partial charge in [0.15, 0.2) is 0 Å². The van der Waals surface area contributed by atoms with E-state index in [9.17, 15) is 14.9 Å². The molecule has 39 heavy (non-hydrogen) atoms. The van der Waals surface area contributed by atoms with E-state index in [2.05, 4.69) is 30.8 Å². The molecule has 14 nitrogen and oxygen atoms in total. The van der Waals surface area contributed by atoms with E-state index in [1.165, 1.54) is 12.3 Å². The first-order chi connectivity index (χ1) is 19.0. The van der Waals surface area contributed by atoms with Crippen molar-refractivity contribution in [3.63, 3.8) is 0 Å². The summed E-state index contributed by atoms with van der Waals surface area (Å²) in [6, 6.07) is 10.3. The molecule has 204 valence electrons. The fourth-order valence-electron chi connectivity index (χ4n) is 4.37. The molecule has 3 heterocycles. The third-order valence-corrected chi connectivity index (χ3v) is 6.60. The fourth-order valence-corrected chi connectivity index (χ4v) is 4.59.